The monoisotopic (exact) mass is 234 g/mol. The minimum atomic E-state index is -0.0640. The van der Waals surface area contributed by atoms with Crippen molar-refractivity contribution in [2.24, 2.45) is 11.5 Å². The van der Waals surface area contributed by atoms with Crippen molar-refractivity contribution in [2.75, 3.05) is 44.7 Å². The van der Waals surface area contributed by atoms with Gasteiger partial charge in [-0.25, -0.2) is 0 Å². The summed E-state index contributed by atoms with van der Waals surface area (Å²) in [5.74, 6) is 0. The average molecular weight is 234 g/mol. The number of anilines is 1. The highest BCUT2D eigenvalue weighted by Gasteiger charge is 2.18. The van der Waals surface area contributed by atoms with E-state index in [2.05, 4.69) is 35.0 Å². The summed E-state index contributed by atoms with van der Waals surface area (Å²) < 4.78 is 0. The van der Waals surface area contributed by atoms with Crippen molar-refractivity contribution < 1.29 is 0 Å². The van der Waals surface area contributed by atoms with Gasteiger partial charge in [0, 0.05) is 44.5 Å². The lowest BCUT2D eigenvalue weighted by molar-refractivity contribution is 0.312. The van der Waals surface area contributed by atoms with E-state index in [0.717, 1.165) is 26.2 Å². The summed E-state index contributed by atoms with van der Waals surface area (Å²) in [7, 11) is 2.16. The lowest BCUT2D eigenvalue weighted by Gasteiger charge is -2.35. The molecule has 17 heavy (non-hydrogen) atoms. The van der Waals surface area contributed by atoms with E-state index in [1.54, 1.807) is 0 Å². The molecule has 0 bridgehead atoms. The van der Waals surface area contributed by atoms with Crippen LogP contribution in [-0.4, -0.2) is 44.7 Å². The molecule has 4 heteroatoms. The molecule has 1 aliphatic heterocycles. The van der Waals surface area contributed by atoms with E-state index in [-0.39, 0.29) is 6.04 Å². The molecule has 1 aromatic carbocycles. The molecule has 1 unspecified atom stereocenters. The molecule has 1 saturated heterocycles. The molecule has 0 aliphatic carbocycles. The number of rotatable bonds is 3. The van der Waals surface area contributed by atoms with Crippen molar-refractivity contribution in [3.05, 3.63) is 29.8 Å². The molecule has 0 spiro atoms. The normalized spacial score (nSPS) is 19.4. The first-order valence-electron chi connectivity index (χ1n) is 6.20. The molecule has 0 radical (unpaired) electrons. The Morgan fingerprint density at radius 1 is 1.18 bits per heavy atom. The number of nitrogens with zero attached hydrogens (tertiary/aromatic N) is 2. The molecule has 4 N–H and O–H groups in total. The second-order valence-corrected chi connectivity index (χ2v) is 4.69. The Balaban J connectivity index is 2.19. The molecule has 1 aromatic rings. The van der Waals surface area contributed by atoms with Crippen LogP contribution >= 0.6 is 0 Å². The Hall–Kier alpha value is -1.10. The van der Waals surface area contributed by atoms with Crippen LogP contribution in [0.5, 0.6) is 0 Å². The van der Waals surface area contributed by atoms with Gasteiger partial charge in [-0.2, -0.15) is 0 Å². The molecule has 1 fully saturated rings. The van der Waals surface area contributed by atoms with Gasteiger partial charge in [-0.05, 0) is 18.7 Å². The topological polar surface area (TPSA) is 58.5 Å². The molecule has 0 amide bonds. The standard InChI is InChI=1S/C13H22N4/c1-16-6-8-17(9-7-16)13-5-3-2-4-11(13)12(15)10-14/h2-5,12H,6-10,14-15H2,1H3. The Morgan fingerprint density at radius 3 is 2.47 bits per heavy atom. The van der Waals surface area contributed by atoms with Crippen molar-refractivity contribution in [1.82, 2.24) is 4.90 Å². The van der Waals surface area contributed by atoms with Gasteiger partial charge in [-0.15, -0.1) is 0 Å². The number of likely N-dealkylation sites (N-methyl/N-ethyl adjacent to an activating group) is 1. The molecule has 4 nitrogen and oxygen atoms in total. The van der Waals surface area contributed by atoms with Gasteiger partial charge < -0.3 is 21.3 Å². The number of nitrogens with two attached hydrogens (primary N) is 2. The van der Waals surface area contributed by atoms with E-state index in [1.165, 1.54) is 11.3 Å². The minimum Gasteiger partial charge on any atom is -0.369 e. The number of piperazine rings is 1. The van der Waals surface area contributed by atoms with Crippen LogP contribution in [0.4, 0.5) is 5.69 Å². The number of para-hydroxylation sites is 1. The smallest absolute Gasteiger partial charge is 0.0440 e. The highest BCUT2D eigenvalue weighted by atomic mass is 15.2. The van der Waals surface area contributed by atoms with Gasteiger partial charge in [0.25, 0.3) is 0 Å². The van der Waals surface area contributed by atoms with E-state index in [9.17, 15) is 0 Å². The third-order valence-corrected chi connectivity index (χ3v) is 3.43. The maximum atomic E-state index is 6.07. The Kier molecular flexibility index (Phi) is 3.99. The van der Waals surface area contributed by atoms with Crippen LogP contribution in [0.2, 0.25) is 0 Å². The first kappa shape index (κ1) is 12.4. The second kappa shape index (κ2) is 5.49. The first-order valence-corrected chi connectivity index (χ1v) is 6.20. The lowest BCUT2D eigenvalue weighted by Crippen LogP contribution is -2.45. The van der Waals surface area contributed by atoms with Crippen LogP contribution in [0.15, 0.2) is 24.3 Å². The van der Waals surface area contributed by atoms with Crippen LogP contribution < -0.4 is 16.4 Å². The molecule has 0 saturated carbocycles. The van der Waals surface area contributed by atoms with E-state index in [4.69, 9.17) is 11.5 Å². The van der Waals surface area contributed by atoms with Crippen LogP contribution in [0.3, 0.4) is 0 Å². The molecular weight excluding hydrogens is 212 g/mol. The first-order chi connectivity index (χ1) is 8.22. The Bertz CT molecular complexity index is 358. The van der Waals surface area contributed by atoms with E-state index >= 15 is 0 Å². The Labute approximate surface area is 103 Å². The molecule has 94 valence electrons. The fraction of sp³-hybridized carbons (Fsp3) is 0.538. The zero-order chi connectivity index (χ0) is 12.3. The van der Waals surface area contributed by atoms with E-state index in [1.807, 2.05) is 6.07 Å². The summed E-state index contributed by atoms with van der Waals surface area (Å²) in [4.78, 5) is 4.76. The summed E-state index contributed by atoms with van der Waals surface area (Å²) in [5, 5.41) is 0. The van der Waals surface area contributed by atoms with Gasteiger partial charge >= 0.3 is 0 Å². The van der Waals surface area contributed by atoms with Crippen molar-refractivity contribution in [2.45, 2.75) is 6.04 Å². The second-order valence-electron chi connectivity index (χ2n) is 4.69. The average Bonchev–Trinajstić information content (AvgIpc) is 2.39. The zero-order valence-corrected chi connectivity index (χ0v) is 10.5. The highest BCUT2D eigenvalue weighted by molar-refractivity contribution is 5.55. The number of hydrogen-bond donors (Lipinski definition) is 2. The fourth-order valence-electron chi connectivity index (χ4n) is 2.26. The van der Waals surface area contributed by atoms with Crippen molar-refractivity contribution in [3.8, 4) is 0 Å². The van der Waals surface area contributed by atoms with Crippen LogP contribution in [0.1, 0.15) is 11.6 Å². The van der Waals surface area contributed by atoms with Crippen molar-refractivity contribution in [3.63, 3.8) is 0 Å². The summed E-state index contributed by atoms with van der Waals surface area (Å²) in [6.07, 6.45) is 0. The maximum absolute atomic E-state index is 6.07. The molecular formula is C13H22N4. The van der Waals surface area contributed by atoms with Crippen molar-refractivity contribution >= 4 is 5.69 Å². The van der Waals surface area contributed by atoms with Gasteiger partial charge in [0.1, 0.15) is 0 Å². The number of hydrogen-bond acceptors (Lipinski definition) is 4. The SMILES string of the molecule is CN1CCN(c2ccccc2C(N)CN)CC1. The van der Waals surface area contributed by atoms with E-state index < -0.39 is 0 Å². The summed E-state index contributed by atoms with van der Waals surface area (Å²) in [6, 6.07) is 8.28. The van der Waals surface area contributed by atoms with E-state index in [0.29, 0.717) is 6.54 Å². The summed E-state index contributed by atoms with van der Waals surface area (Å²) >= 11 is 0. The molecule has 1 atom stereocenters. The van der Waals surface area contributed by atoms with Crippen LogP contribution in [-0.2, 0) is 0 Å². The predicted octanol–water partition coefficient (Wildman–Crippen LogP) is 0.397. The van der Waals surface area contributed by atoms with Gasteiger partial charge in [0.05, 0.1) is 0 Å². The summed E-state index contributed by atoms with van der Waals surface area (Å²) in [5.41, 5.74) is 14.2. The van der Waals surface area contributed by atoms with Crippen LogP contribution in [0, 0.1) is 0 Å². The van der Waals surface area contributed by atoms with Gasteiger partial charge in [0.15, 0.2) is 0 Å². The third kappa shape index (κ3) is 2.77. The molecule has 0 aromatic heterocycles. The third-order valence-electron chi connectivity index (χ3n) is 3.43. The van der Waals surface area contributed by atoms with Gasteiger partial charge in [0.2, 0.25) is 0 Å². The molecule has 2 rings (SSSR count). The minimum absolute atomic E-state index is 0.0640. The van der Waals surface area contributed by atoms with Crippen LogP contribution in [0.25, 0.3) is 0 Å². The van der Waals surface area contributed by atoms with Gasteiger partial charge in [-0.1, -0.05) is 18.2 Å². The zero-order valence-electron chi connectivity index (χ0n) is 10.5. The lowest BCUT2D eigenvalue weighted by atomic mass is 10.0. The highest BCUT2D eigenvalue weighted by Crippen LogP contribution is 2.25. The van der Waals surface area contributed by atoms with Crippen molar-refractivity contribution in [1.29, 1.82) is 0 Å². The molecule has 1 aliphatic rings. The maximum Gasteiger partial charge on any atom is 0.0440 e. The fourth-order valence-corrected chi connectivity index (χ4v) is 2.26. The summed E-state index contributed by atoms with van der Waals surface area (Å²) in [6.45, 7) is 4.82. The Morgan fingerprint density at radius 2 is 1.82 bits per heavy atom. The number of benzene rings is 1. The largest absolute Gasteiger partial charge is 0.369 e. The van der Waals surface area contributed by atoms with Gasteiger partial charge in [-0.3, -0.25) is 0 Å². The predicted molar refractivity (Wildman–Crippen MR) is 72.1 cm³/mol. The quantitative estimate of drug-likeness (QED) is 0.794. The molecule has 1 heterocycles.